The zero-order chi connectivity index (χ0) is 14.8. The van der Waals surface area contributed by atoms with Crippen LogP contribution in [-0.2, 0) is 16.4 Å². The minimum atomic E-state index is -3.60. The zero-order valence-corrected chi connectivity index (χ0v) is 14.9. The van der Waals surface area contributed by atoms with Gasteiger partial charge < -0.3 is 5.11 Å². The minimum absolute atomic E-state index is 0.00564. The number of rotatable bonds is 5. The van der Waals surface area contributed by atoms with Gasteiger partial charge in [0.1, 0.15) is 4.21 Å². The molecule has 2 aromatic rings. The second kappa shape index (κ2) is 6.57. The summed E-state index contributed by atoms with van der Waals surface area (Å²) in [6.45, 7) is 0.00564. The van der Waals surface area contributed by atoms with E-state index in [1.807, 2.05) is 0 Å². The molecule has 4 nitrogen and oxygen atoms in total. The molecule has 0 unspecified atom stereocenters. The first kappa shape index (κ1) is 16.0. The van der Waals surface area contributed by atoms with E-state index in [1.54, 1.807) is 30.3 Å². The van der Waals surface area contributed by atoms with Gasteiger partial charge in [0, 0.05) is 26.9 Å². The van der Waals surface area contributed by atoms with E-state index < -0.39 is 10.0 Å². The minimum Gasteiger partial charge on any atom is -0.396 e. The molecule has 0 amide bonds. The van der Waals surface area contributed by atoms with Crippen LogP contribution in [0.2, 0.25) is 0 Å². The molecule has 0 atom stereocenters. The molecule has 1 heterocycles. The third kappa shape index (κ3) is 3.82. The summed E-state index contributed by atoms with van der Waals surface area (Å²) < 4.78 is 28.8. The molecule has 2 N–H and O–H groups in total. The summed E-state index contributed by atoms with van der Waals surface area (Å²) in [4.78, 5) is 0.836. The third-order valence-corrected chi connectivity index (χ3v) is 6.59. The number of nitrogens with one attached hydrogen (secondary N) is 1. The van der Waals surface area contributed by atoms with Crippen molar-refractivity contribution in [2.75, 3.05) is 11.3 Å². The highest BCUT2D eigenvalue weighted by Gasteiger charge is 2.18. The lowest BCUT2D eigenvalue weighted by atomic mass is 10.3. The molecule has 0 saturated heterocycles. The van der Waals surface area contributed by atoms with Gasteiger partial charge in [-0.1, -0.05) is 15.9 Å². The number of hydrogen-bond donors (Lipinski definition) is 2. The van der Waals surface area contributed by atoms with Crippen LogP contribution in [0.3, 0.4) is 0 Å². The average Bonchev–Trinajstić information content (AvgIpc) is 2.83. The monoisotopic (exact) mass is 439 g/mol. The van der Waals surface area contributed by atoms with Crippen LogP contribution in [0.25, 0.3) is 0 Å². The van der Waals surface area contributed by atoms with Crippen LogP contribution in [-0.4, -0.2) is 20.1 Å². The summed E-state index contributed by atoms with van der Waals surface area (Å²) in [5, 5.41) is 8.86. The molecule has 108 valence electrons. The SMILES string of the molecule is O=S(=O)(Nc1ccc(Br)cc1Br)c1ccc(CCO)s1. The maximum atomic E-state index is 12.3. The number of aliphatic hydroxyl groups excluding tert-OH is 1. The van der Waals surface area contributed by atoms with E-state index in [4.69, 9.17) is 5.11 Å². The fourth-order valence-electron chi connectivity index (χ4n) is 1.51. The van der Waals surface area contributed by atoms with Gasteiger partial charge in [-0.15, -0.1) is 11.3 Å². The number of hydrogen-bond acceptors (Lipinski definition) is 4. The van der Waals surface area contributed by atoms with Crippen molar-refractivity contribution in [1.82, 2.24) is 0 Å². The Balaban J connectivity index is 2.26. The Morgan fingerprint density at radius 2 is 1.95 bits per heavy atom. The van der Waals surface area contributed by atoms with Gasteiger partial charge in [-0.2, -0.15) is 0 Å². The molecule has 0 aliphatic carbocycles. The molecule has 0 bridgehead atoms. The second-order valence-electron chi connectivity index (χ2n) is 3.92. The van der Waals surface area contributed by atoms with Crippen molar-refractivity contribution >= 4 is 58.9 Å². The molecular weight excluding hydrogens is 430 g/mol. The summed E-state index contributed by atoms with van der Waals surface area (Å²) in [5.41, 5.74) is 0.477. The highest BCUT2D eigenvalue weighted by atomic mass is 79.9. The van der Waals surface area contributed by atoms with Crippen molar-refractivity contribution in [2.24, 2.45) is 0 Å². The first-order chi connectivity index (χ1) is 9.42. The standard InChI is InChI=1S/C12H11Br2NO3S2/c13-8-1-3-11(10(14)7-8)15-20(17,18)12-4-2-9(19-12)5-6-16/h1-4,7,15-16H,5-6H2. The number of sulfonamides is 1. The van der Waals surface area contributed by atoms with Gasteiger partial charge in [0.05, 0.1) is 5.69 Å². The van der Waals surface area contributed by atoms with Crippen molar-refractivity contribution in [2.45, 2.75) is 10.6 Å². The Bertz CT molecular complexity index is 713. The quantitative estimate of drug-likeness (QED) is 0.746. The summed E-state index contributed by atoms with van der Waals surface area (Å²) >= 11 is 7.79. The Kier molecular flexibility index (Phi) is 5.25. The third-order valence-electron chi connectivity index (χ3n) is 2.44. The molecule has 0 spiro atoms. The van der Waals surface area contributed by atoms with Crippen LogP contribution in [0.15, 0.2) is 43.5 Å². The predicted octanol–water partition coefficient (Wildman–Crippen LogP) is 3.61. The molecule has 0 saturated carbocycles. The lowest BCUT2D eigenvalue weighted by Gasteiger charge is -2.08. The first-order valence-electron chi connectivity index (χ1n) is 5.60. The van der Waals surface area contributed by atoms with Crippen LogP contribution in [0, 0.1) is 0 Å². The Morgan fingerprint density at radius 3 is 2.60 bits per heavy atom. The number of aliphatic hydroxyl groups is 1. The zero-order valence-electron chi connectivity index (χ0n) is 10.1. The molecular formula is C12H11Br2NO3S2. The van der Waals surface area contributed by atoms with Crippen molar-refractivity contribution in [3.05, 3.63) is 44.2 Å². The Hall–Kier alpha value is -0.410. The van der Waals surface area contributed by atoms with Gasteiger partial charge in [-0.05, 0) is 46.3 Å². The summed E-state index contributed by atoms with van der Waals surface area (Å²) in [5.74, 6) is 0. The Labute approximate surface area is 138 Å². The largest absolute Gasteiger partial charge is 0.396 e. The summed E-state index contributed by atoms with van der Waals surface area (Å²) in [6, 6.07) is 8.46. The van der Waals surface area contributed by atoms with Gasteiger partial charge in [-0.3, -0.25) is 4.72 Å². The van der Waals surface area contributed by atoms with Gasteiger partial charge in [0.25, 0.3) is 10.0 Å². The fourth-order valence-corrected chi connectivity index (χ4v) is 5.22. The number of anilines is 1. The van der Waals surface area contributed by atoms with E-state index in [1.165, 1.54) is 0 Å². The lowest BCUT2D eigenvalue weighted by Crippen LogP contribution is -2.11. The average molecular weight is 441 g/mol. The van der Waals surface area contributed by atoms with Gasteiger partial charge in [0.2, 0.25) is 0 Å². The predicted molar refractivity (Wildman–Crippen MR) is 87.8 cm³/mol. The van der Waals surface area contributed by atoms with Gasteiger partial charge in [-0.25, -0.2) is 8.42 Å². The van der Waals surface area contributed by atoms with Crippen LogP contribution < -0.4 is 4.72 Å². The molecule has 0 fully saturated rings. The van der Waals surface area contributed by atoms with Gasteiger partial charge >= 0.3 is 0 Å². The highest BCUT2D eigenvalue weighted by Crippen LogP contribution is 2.30. The van der Waals surface area contributed by atoms with E-state index in [2.05, 4.69) is 36.6 Å². The van der Waals surface area contributed by atoms with Crippen molar-refractivity contribution < 1.29 is 13.5 Å². The second-order valence-corrected chi connectivity index (χ2v) is 8.77. The van der Waals surface area contributed by atoms with Crippen LogP contribution in [0.4, 0.5) is 5.69 Å². The van der Waals surface area contributed by atoms with E-state index >= 15 is 0 Å². The number of halogens is 2. The highest BCUT2D eigenvalue weighted by molar-refractivity contribution is 9.11. The maximum Gasteiger partial charge on any atom is 0.271 e. The lowest BCUT2D eigenvalue weighted by molar-refractivity contribution is 0.300. The molecule has 1 aromatic heterocycles. The fraction of sp³-hybridized carbons (Fsp3) is 0.167. The van der Waals surface area contributed by atoms with E-state index in [9.17, 15) is 8.42 Å². The Morgan fingerprint density at radius 1 is 1.20 bits per heavy atom. The molecule has 0 radical (unpaired) electrons. The topological polar surface area (TPSA) is 66.4 Å². The van der Waals surface area contributed by atoms with Crippen LogP contribution >= 0.6 is 43.2 Å². The molecule has 8 heteroatoms. The number of thiophene rings is 1. The van der Waals surface area contributed by atoms with Crippen molar-refractivity contribution in [1.29, 1.82) is 0 Å². The van der Waals surface area contributed by atoms with Crippen LogP contribution in [0.5, 0.6) is 0 Å². The maximum absolute atomic E-state index is 12.3. The van der Waals surface area contributed by atoms with E-state index in [0.29, 0.717) is 16.6 Å². The van der Waals surface area contributed by atoms with E-state index in [0.717, 1.165) is 20.7 Å². The van der Waals surface area contributed by atoms with Gasteiger partial charge in [0.15, 0.2) is 0 Å². The van der Waals surface area contributed by atoms with E-state index in [-0.39, 0.29) is 10.8 Å². The molecule has 2 rings (SSSR count). The molecule has 1 aromatic carbocycles. The van der Waals surface area contributed by atoms with Crippen LogP contribution in [0.1, 0.15) is 4.88 Å². The summed E-state index contributed by atoms with van der Waals surface area (Å²) in [6.07, 6.45) is 0.460. The van der Waals surface area contributed by atoms with Crippen molar-refractivity contribution in [3.63, 3.8) is 0 Å². The first-order valence-corrected chi connectivity index (χ1v) is 9.48. The summed E-state index contributed by atoms with van der Waals surface area (Å²) in [7, 11) is -3.60. The molecule has 0 aliphatic rings. The number of benzene rings is 1. The van der Waals surface area contributed by atoms with Crippen molar-refractivity contribution in [3.8, 4) is 0 Å². The smallest absolute Gasteiger partial charge is 0.271 e. The normalized spacial score (nSPS) is 11.6. The molecule has 0 aliphatic heterocycles. The molecule has 20 heavy (non-hydrogen) atoms.